The Labute approximate surface area is 79.6 Å². The first-order chi connectivity index (χ1) is 6.24. The van der Waals surface area contributed by atoms with Gasteiger partial charge >= 0.3 is 0 Å². The Morgan fingerprint density at radius 3 is 3.15 bits per heavy atom. The smallest absolute Gasteiger partial charge is 0.244 e. The fourth-order valence-corrected chi connectivity index (χ4v) is 2.32. The summed E-state index contributed by atoms with van der Waals surface area (Å²) in [4.78, 5) is 12.2. The van der Waals surface area contributed by atoms with Gasteiger partial charge in [0.2, 0.25) is 5.91 Å². The highest BCUT2D eigenvalue weighted by atomic mass is 32.1. The summed E-state index contributed by atoms with van der Waals surface area (Å²) in [6.45, 7) is 0. The van der Waals surface area contributed by atoms with E-state index in [2.05, 4.69) is 10.6 Å². The number of nitrogens with one attached hydrogen (secondary N) is 2. The third-order valence-corrected chi connectivity index (χ3v) is 3.12. The molecule has 0 bridgehead atoms. The van der Waals surface area contributed by atoms with E-state index in [1.54, 1.807) is 13.1 Å². The second-order valence-corrected chi connectivity index (χ2v) is 3.85. The van der Waals surface area contributed by atoms with Gasteiger partial charge in [-0.05, 0) is 18.5 Å². The van der Waals surface area contributed by atoms with E-state index in [-0.39, 0.29) is 5.91 Å². The summed E-state index contributed by atoms with van der Waals surface area (Å²) in [5, 5.41) is 17.1. The van der Waals surface area contributed by atoms with E-state index < -0.39 is 12.1 Å². The van der Waals surface area contributed by atoms with Crippen molar-refractivity contribution in [1.29, 1.82) is 0 Å². The summed E-state index contributed by atoms with van der Waals surface area (Å²) in [6.07, 6.45) is -0.728. The van der Waals surface area contributed by atoms with Crippen LogP contribution in [0.4, 0.5) is 5.69 Å². The van der Waals surface area contributed by atoms with Crippen molar-refractivity contribution in [2.45, 2.75) is 12.1 Å². The van der Waals surface area contributed by atoms with Gasteiger partial charge in [0.05, 0.1) is 10.6 Å². The van der Waals surface area contributed by atoms with Crippen LogP contribution in [0.3, 0.4) is 0 Å². The van der Waals surface area contributed by atoms with Crippen molar-refractivity contribution < 1.29 is 9.90 Å². The van der Waals surface area contributed by atoms with E-state index in [1.807, 2.05) is 5.38 Å². The van der Waals surface area contributed by atoms with Gasteiger partial charge in [0.25, 0.3) is 0 Å². The van der Waals surface area contributed by atoms with E-state index in [0.29, 0.717) is 0 Å². The molecule has 13 heavy (non-hydrogen) atoms. The number of thiophene rings is 1. The van der Waals surface area contributed by atoms with Crippen molar-refractivity contribution in [3.63, 3.8) is 0 Å². The predicted molar refractivity (Wildman–Crippen MR) is 50.8 cm³/mol. The topological polar surface area (TPSA) is 61.4 Å². The molecule has 5 heteroatoms. The van der Waals surface area contributed by atoms with Crippen LogP contribution in [0.15, 0.2) is 11.4 Å². The van der Waals surface area contributed by atoms with Gasteiger partial charge in [-0.2, -0.15) is 0 Å². The molecular formula is C8H10N2O2S. The molecule has 1 amide bonds. The number of hydrogen-bond acceptors (Lipinski definition) is 4. The van der Waals surface area contributed by atoms with Gasteiger partial charge in [0.15, 0.2) is 0 Å². The number of rotatable bonds is 1. The highest BCUT2D eigenvalue weighted by Crippen LogP contribution is 2.34. The summed E-state index contributed by atoms with van der Waals surface area (Å²) in [5.41, 5.74) is 0.731. The Hall–Kier alpha value is -0.910. The number of carbonyl (C=O) groups excluding carboxylic acids is 1. The number of aliphatic hydroxyl groups is 1. The van der Waals surface area contributed by atoms with Crippen molar-refractivity contribution in [3.05, 3.63) is 16.3 Å². The zero-order chi connectivity index (χ0) is 9.42. The van der Waals surface area contributed by atoms with Gasteiger partial charge in [-0.15, -0.1) is 11.3 Å². The van der Waals surface area contributed by atoms with Crippen molar-refractivity contribution in [2.75, 3.05) is 12.4 Å². The molecule has 1 aromatic heterocycles. The number of carbonyl (C=O) groups is 1. The Morgan fingerprint density at radius 1 is 1.69 bits per heavy atom. The predicted octanol–water partition coefficient (Wildman–Crippen LogP) is 0.322. The first-order valence-electron chi connectivity index (χ1n) is 3.97. The maximum Gasteiger partial charge on any atom is 0.244 e. The Balaban J connectivity index is 2.39. The number of anilines is 1. The van der Waals surface area contributed by atoms with Crippen LogP contribution in [0, 0.1) is 0 Å². The van der Waals surface area contributed by atoms with Crippen LogP contribution in [-0.4, -0.2) is 24.1 Å². The second kappa shape index (κ2) is 3.10. The standard InChI is InChI=1S/C8H10N2O2S/c1-9-5-6(11)7-4(2-3-13-7)10-8(5)12/h2-3,5-6,9,11H,1H3,(H,10,12). The van der Waals surface area contributed by atoms with Crippen molar-refractivity contribution in [2.24, 2.45) is 0 Å². The van der Waals surface area contributed by atoms with Gasteiger partial charge in [-0.3, -0.25) is 4.79 Å². The average Bonchev–Trinajstić information content (AvgIpc) is 2.53. The van der Waals surface area contributed by atoms with Crippen LogP contribution in [0.1, 0.15) is 11.0 Å². The summed E-state index contributed by atoms with van der Waals surface area (Å²) in [6, 6.07) is 1.26. The lowest BCUT2D eigenvalue weighted by Crippen LogP contribution is -2.45. The lowest BCUT2D eigenvalue weighted by molar-refractivity contribution is -0.121. The lowest BCUT2D eigenvalue weighted by atomic mass is 10.0. The van der Waals surface area contributed by atoms with Crippen molar-refractivity contribution in [3.8, 4) is 0 Å². The first kappa shape index (κ1) is 8.68. The number of aliphatic hydroxyl groups excluding tert-OH is 1. The van der Waals surface area contributed by atoms with Crippen LogP contribution in [0.2, 0.25) is 0 Å². The van der Waals surface area contributed by atoms with Crippen LogP contribution >= 0.6 is 11.3 Å². The van der Waals surface area contributed by atoms with E-state index >= 15 is 0 Å². The fraction of sp³-hybridized carbons (Fsp3) is 0.375. The summed E-state index contributed by atoms with van der Waals surface area (Å²) >= 11 is 1.45. The summed E-state index contributed by atoms with van der Waals surface area (Å²) in [5.74, 6) is -0.180. The van der Waals surface area contributed by atoms with Crippen molar-refractivity contribution >= 4 is 22.9 Å². The molecule has 1 aliphatic rings. The minimum absolute atomic E-state index is 0.180. The maximum absolute atomic E-state index is 11.4. The third kappa shape index (κ3) is 1.25. The molecule has 1 aromatic rings. The van der Waals surface area contributed by atoms with Crippen LogP contribution in [0.5, 0.6) is 0 Å². The fourth-order valence-electron chi connectivity index (χ4n) is 1.45. The minimum Gasteiger partial charge on any atom is -0.385 e. The zero-order valence-corrected chi connectivity index (χ0v) is 7.89. The molecule has 1 aliphatic heterocycles. The highest BCUT2D eigenvalue weighted by Gasteiger charge is 2.34. The van der Waals surface area contributed by atoms with Crippen LogP contribution in [0.25, 0.3) is 0 Å². The molecular weight excluding hydrogens is 188 g/mol. The zero-order valence-electron chi connectivity index (χ0n) is 7.07. The molecule has 4 nitrogen and oxygen atoms in total. The molecule has 0 fully saturated rings. The molecule has 0 aliphatic carbocycles. The minimum atomic E-state index is -0.728. The van der Waals surface area contributed by atoms with E-state index in [1.165, 1.54) is 11.3 Å². The number of amides is 1. The maximum atomic E-state index is 11.4. The molecule has 2 unspecified atom stereocenters. The van der Waals surface area contributed by atoms with Crippen molar-refractivity contribution in [1.82, 2.24) is 5.32 Å². The number of hydrogen-bond donors (Lipinski definition) is 3. The first-order valence-corrected chi connectivity index (χ1v) is 4.85. The van der Waals surface area contributed by atoms with E-state index in [4.69, 9.17) is 0 Å². The normalized spacial score (nSPS) is 26.8. The quantitative estimate of drug-likeness (QED) is 0.609. The molecule has 2 rings (SSSR count). The Morgan fingerprint density at radius 2 is 2.46 bits per heavy atom. The summed E-state index contributed by atoms with van der Waals surface area (Å²) in [7, 11) is 1.66. The number of fused-ring (bicyclic) bond motifs is 1. The molecule has 3 N–H and O–H groups in total. The Bertz CT molecular complexity index is 337. The lowest BCUT2D eigenvalue weighted by Gasteiger charge is -2.26. The monoisotopic (exact) mass is 198 g/mol. The van der Waals surface area contributed by atoms with Gasteiger partial charge in [-0.25, -0.2) is 0 Å². The molecule has 2 heterocycles. The van der Waals surface area contributed by atoms with Gasteiger partial charge in [0.1, 0.15) is 12.1 Å². The van der Waals surface area contributed by atoms with E-state index in [9.17, 15) is 9.90 Å². The largest absolute Gasteiger partial charge is 0.385 e. The van der Waals surface area contributed by atoms with Gasteiger partial charge in [-0.1, -0.05) is 0 Å². The Kier molecular flexibility index (Phi) is 2.07. The average molecular weight is 198 g/mol. The molecule has 70 valence electrons. The summed E-state index contributed by atoms with van der Waals surface area (Å²) < 4.78 is 0. The molecule has 0 aromatic carbocycles. The van der Waals surface area contributed by atoms with Gasteiger partial charge < -0.3 is 15.7 Å². The molecule has 2 atom stereocenters. The molecule has 0 saturated carbocycles. The van der Waals surface area contributed by atoms with Crippen LogP contribution in [-0.2, 0) is 4.79 Å². The van der Waals surface area contributed by atoms with Gasteiger partial charge in [0, 0.05) is 0 Å². The SMILES string of the molecule is CNC1C(=O)Nc2ccsc2C1O. The molecule has 0 saturated heterocycles. The molecule has 0 radical (unpaired) electrons. The second-order valence-electron chi connectivity index (χ2n) is 2.90. The highest BCUT2D eigenvalue weighted by molar-refractivity contribution is 7.10. The molecule has 0 spiro atoms. The third-order valence-electron chi connectivity index (χ3n) is 2.13. The number of likely N-dealkylation sites (N-methyl/N-ethyl adjacent to an activating group) is 1. The van der Waals surface area contributed by atoms with Crippen LogP contribution < -0.4 is 10.6 Å². The van der Waals surface area contributed by atoms with E-state index in [0.717, 1.165) is 10.6 Å².